The minimum absolute atomic E-state index is 0.000149. The van der Waals surface area contributed by atoms with E-state index in [2.05, 4.69) is 20.7 Å². The van der Waals surface area contributed by atoms with Crippen LogP contribution >= 0.6 is 27.5 Å². The van der Waals surface area contributed by atoms with Crippen LogP contribution in [0.4, 0.5) is 5.69 Å². The number of alkyl halides is 1. The fourth-order valence-corrected chi connectivity index (χ4v) is 3.07. The van der Waals surface area contributed by atoms with Crippen molar-refractivity contribution in [2.75, 3.05) is 23.5 Å². The van der Waals surface area contributed by atoms with Gasteiger partial charge in [-0.3, -0.25) is 4.72 Å². The highest BCUT2D eigenvalue weighted by Crippen LogP contribution is 2.27. The van der Waals surface area contributed by atoms with Crippen molar-refractivity contribution in [1.29, 1.82) is 0 Å². The maximum Gasteiger partial charge on any atom is 0.232 e. The van der Waals surface area contributed by atoms with Crippen LogP contribution in [0.15, 0.2) is 22.7 Å². The Morgan fingerprint density at radius 2 is 2.18 bits per heavy atom. The van der Waals surface area contributed by atoms with E-state index in [1.54, 1.807) is 18.2 Å². The molecule has 0 aliphatic carbocycles. The Morgan fingerprint density at radius 1 is 1.47 bits per heavy atom. The second-order valence-electron chi connectivity index (χ2n) is 3.31. The first-order valence-corrected chi connectivity index (χ1v) is 7.86. The zero-order chi connectivity index (χ0) is 12.9. The smallest absolute Gasteiger partial charge is 0.232 e. The topological polar surface area (TPSA) is 55.4 Å². The van der Waals surface area contributed by atoms with Crippen LogP contribution in [0.5, 0.6) is 5.75 Å². The van der Waals surface area contributed by atoms with Gasteiger partial charge in [-0.1, -0.05) is 0 Å². The Balaban J connectivity index is 2.87. The van der Waals surface area contributed by atoms with Crippen molar-refractivity contribution in [2.45, 2.75) is 6.42 Å². The number of rotatable bonds is 6. The van der Waals surface area contributed by atoms with Crippen LogP contribution in [0.3, 0.4) is 0 Å². The van der Waals surface area contributed by atoms with Gasteiger partial charge in [-0.15, -0.1) is 11.6 Å². The maximum absolute atomic E-state index is 11.7. The molecule has 1 N–H and O–H groups in total. The molecule has 0 unspecified atom stereocenters. The average Bonchev–Trinajstić information content (AvgIpc) is 2.29. The number of halogens is 2. The number of benzene rings is 1. The van der Waals surface area contributed by atoms with E-state index in [0.717, 1.165) is 0 Å². The van der Waals surface area contributed by atoms with Crippen LogP contribution in [-0.4, -0.2) is 27.2 Å². The zero-order valence-electron chi connectivity index (χ0n) is 9.24. The number of sulfonamides is 1. The summed E-state index contributed by atoms with van der Waals surface area (Å²) in [6, 6.07) is 5.07. The van der Waals surface area contributed by atoms with Crippen LogP contribution in [-0.2, 0) is 10.0 Å². The first-order chi connectivity index (χ1) is 7.98. The van der Waals surface area contributed by atoms with E-state index in [1.165, 1.54) is 7.11 Å². The molecule has 17 heavy (non-hydrogen) atoms. The molecule has 7 heteroatoms. The molecule has 96 valence electrons. The van der Waals surface area contributed by atoms with Gasteiger partial charge in [-0.25, -0.2) is 8.42 Å². The summed E-state index contributed by atoms with van der Waals surface area (Å²) in [5.74, 6) is 0.906. The molecule has 1 aromatic carbocycles. The molecule has 0 aromatic heterocycles. The third-order valence-corrected chi connectivity index (χ3v) is 4.30. The SMILES string of the molecule is COc1ccc(Br)c(NS(=O)(=O)CCCCl)c1. The lowest BCUT2D eigenvalue weighted by atomic mass is 10.3. The van der Waals surface area contributed by atoms with E-state index in [-0.39, 0.29) is 5.75 Å². The molecule has 0 fully saturated rings. The van der Waals surface area contributed by atoms with Crippen molar-refractivity contribution in [1.82, 2.24) is 0 Å². The highest BCUT2D eigenvalue weighted by molar-refractivity contribution is 9.10. The van der Waals surface area contributed by atoms with E-state index in [1.807, 2.05) is 0 Å². The fourth-order valence-electron chi connectivity index (χ4n) is 1.17. The third-order valence-electron chi connectivity index (χ3n) is 1.99. The molecular formula is C10H13BrClNO3S. The Morgan fingerprint density at radius 3 is 2.76 bits per heavy atom. The third kappa shape index (κ3) is 4.73. The molecule has 0 saturated carbocycles. The number of methoxy groups -OCH3 is 1. The molecule has 4 nitrogen and oxygen atoms in total. The molecule has 0 heterocycles. The largest absolute Gasteiger partial charge is 0.497 e. The van der Waals surface area contributed by atoms with Crippen LogP contribution < -0.4 is 9.46 Å². The summed E-state index contributed by atoms with van der Waals surface area (Å²) < 4.78 is 31.5. The number of anilines is 1. The summed E-state index contributed by atoms with van der Waals surface area (Å²) in [5.41, 5.74) is 0.457. The molecule has 0 bridgehead atoms. The lowest BCUT2D eigenvalue weighted by Gasteiger charge is -2.10. The summed E-state index contributed by atoms with van der Waals surface area (Å²) in [7, 11) is -1.84. The predicted octanol–water partition coefficient (Wildman–Crippen LogP) is 2.83. The Bertz CT molecular complexity index is 478. The molecule has 0 aliphatic rings. The highest BCUT2D eigenvalue weighted by Gasteiger charge is 2.12. The Kier molecular flexibility index (Phi) is 5.55. The fraction of sp³-hybridized carbons (Fsp3) is 0.400. The van der Waals surface area contributed by atoms with Crippen molar-refractivity contribution in [3.63, 3.8) is 0 Å². The van der Waals surface area contributed by atoms with Crippen molar-refractivity contribution < 1.29 is 13.2 Å². The molecule has 0 radical (unpaired) electrons. The van der Waals surface area contributed by atoms with Gasteiger partial charge in [0.05, 0.1) is 18.6 Å². The molecule has 0 amide bonds. The Labute approximate surface area is 114 Å². The summed E-state index contributed by atoms with van der Waals surface area (Å²) in [6.07, 6.45) is 0.415. The van der Waals surface area contributed by atoms with Crippen molar-refractivity contribution in [3.05, 3.63) is 22.7 Å². The summed E-state index contributed by atoms with van der Waals surface area (Å²) >= 11 is 8.74. The van der Waals surface area contributed by atoms with Gasteiger partial charge in [0.15, 0.2) is 0 Å². The van der Waals surface area contributed by atoms with Gasteiger partial charge >= 0.3 is 0 Å². The van der Waals surface area contributed by atoms with Gasteiger partial charge < -0.3 is 4.74 Å². The van der Waals surface area contributed by atoms with Crippen LogP contribution in [0.2, 0.25) is 0 Å². The molecular weight excluding hydrogens is 330 g/mol. The number of hydrogen-bond donors (Lipinski definition) is 1. The minimum atomic E-state index is -3.36. The molecule has 1 rings (SSSR count). The average molecular weight is 343 g/mol. The molecule has 0 aliphatic heterocycles. The maximum atomic E-state index is 11.7. The predicted molar refractivity (Wildman–Crippen MR) is 73.4 cm³/mol. The van der Waals surface area contributed by atoms with Crippen molar-refractivity contribution in [3.8, 4) is 5.75 Å². The molecule has 0 spiro atoms. The highest BCUT2D eigenvalue weighted by atomic mass is 79.9. The second kappa shape index (κ2) is 6.47. The van der Waals surface area contributed by atoms with Gasteiger partial charge in [0.1, 0.15) is 5.75 Å². The molecule has 0 atom stereocenters. The van der Waals surface area contributed by atoms with E-state index in [4.69, 9.17) is 16.3 Å². The van der Waals surface area contributed by atoms with Gasteiger partial charge in [-0.2, -0.15) is 0 Å². The lowest BCUT2D eigenvalue weighted by molar-refractivity contribution is 0.415. The van der Waals surface area contributed by atoms with Gasteiger partial charge in [0.25, 0.3) is 0 Å². The monoisotopic (exact) mass is 341 g/mol. The molecule has 0 saturated heterocycles. The normalized spacial score (nSPS) is 11.2. The first kappa shape index (κ1) is 14.6. The minimum Gasteiger partial charge on any atom is -0.497 e. The summed E-state index contributed by atoms with van der Waals surface area (Å²) in [6.45, 7) is 0. The lowest BCUT2D eigenvalue weighted by Crippen LogP contribution is -2.17. The molecule has 1 aromatic rings. The quantitative estimate of drug-likeness (QED) is 0.809. The summed E-state index contributed by atoms with van der Waals surface area (Å²) in [4.78, 5) is 0. The summed E-state index contributed by atoms with van der Waals surface area (Å²) in [5, 5.41) is 0. The van der Waals surface area contributed by atoms with Crippen molar-refractivity contribution >= 4 is 43.2 Å². The number of ether oxygens (including phenoxy) is 1. The van der Waals surface area contributed by atoms with E-state index in [0.29, 0.717) is 28.2 Å². The van der Waals surface area contributed by atoms with E-state index >= 15 is 0 Å². The number of nitrogens with one attached hydrogen (secondary N) is 1. The van der Waals surface area contributed by atoms with E-state index < -0.39 is 10.0 Å². The zero-order valence-corrected chi connectivity index (χ0v) is 12.4. The Hall–Kier alpha value is -0.460. The number of hydrogen-bond acceptors (Lipinski definition) is 3. The van der Waals surface area contributed by atoms with Gasteiger partial charge in [0.2, 0.25) is 10.0 Å². The van der Waals surface area contributed by atoms with Crippen LogP contribution in [0, 0.1) is 0 Å². The van der Waals surface area contributed by atoms with Crippen molar-refractivity contribution in [2.24, 2.45) is 0 Å². The van der Waals surface area contributed by atoms with Gasteiger partial charge in [0, 0.05) is 16.4 Å². The van der Waals surface area contributed by atoms with E-state index in [9.17, 15) is 8.42 Å². The second-order valence-corrected chi connectivity index (χ2v) is 6.38. The standard InChI is InChI=1S/C10H13BrClNO3S/c1-16-8-3-4-9(11)10(7-8)13-17(14,15)6-2-5-12/h3-4,7,13H,2,5-6H2,1H3. The van der Waals surface area contributed by atoms with Crippen LogP contribution in [0.1, 0.15) is 6.42 Å². The van der Waals surface area contributed by atoms with Gasteiger partial charge in [-0.05, 0) is 34.5 Å². The van der Waals surface area contributed by atoms with Crippen LogP contribution in [0.25, 0.3) is 0 Å². The first-order valence-electron chi connectivity index (χ1n) is 4.88.